The van der Waals surface area contributed by atoms with E-state index in [1.165, 1.54) is 31.4 Å². The Labute approximate surface area is 156 Å². The standard InChI is InChI=1S/C17H22ClN3.C3H6O/c1-20-8-7-16(12-20)21(11-13-3-2-4-13)15-6-5-14(10-19)17(18)9-15;1-2-3-4/h5-6,9,13,16H,2-4,7-8,11-12H2,1H3;3H,2H2,1H3. The number of carbonyl (C=O) groups is 1. The molecule has 2 aliphatic rings. The lowest BCUT2D eigenvalue weighted by Gasteiger charge is -2.37. The summed E-state index contributed by atoms with van der Waals surface area (Å²) in [7, 11) is 2.19. The van der Waals surface area contributed by atoms with Gasteiger partial charge >= 0.3 is 0 Å². The molecule has 1 atom stereocenters. The normalized spacial score (nSPS) is 20.2. The number of benzene rings is 1. The average Bonchev–Trinajstić information content (AvgIpc) is 3.00. The van der Waals surface area contributed by atoms with Gasteiger partial charge in [-0.2, -0.15) is 5.26 Å². The van der Waals surface area contributed by atoms with Gasteiger partial charge < -0.3 is 14.6 Å². The predicted octanol–water partition coefficient (Wildman–Crippen LogP) is 4.12. The maximum atomic E-state index is 9.17. The van der Waals surface area contributed by atoms with E-state index in [-0.39, 0.29) is 0 Å². The Hall–Kier alpha value is -1.57. The van der Waals surface area contributed by atoms with Crippen LogP contribution in [0.25, 0.3) is 0 Å². The van der Waals surface area contributed by atoms with Crippen LogP contribution in [-0.4, -0.2) is 43.9 Å². The summed E-state index contributed by atoms with van der Waals surface area (Å²) in [6, 6.07) is 8.59. The van der Waals surface area contributed by atoms with Gasteiger partial charge in [-0.25, -0.2) is 0 Å². The average molecular weight is 362 g/mol. The minimum Gasteiger partial charge on any atom is -0.367 e. The number of hydrogen-bond donors (Lipinski definition) is 0. The van der Waals surface area contributed by atoms with Crippen LogP contribution >= 0.6 is 11.6 Å². The summed E-state index contributed by atoms with van der Waals surface area (Å²) in [5.41, 5.74) is 1.73. The molecule has 0 amide bonds. The first-order chi connectivity index (χ1) is 12.1. The Morgan fingerprint density at radius 2 is 2.12 bits per heavy atom. The number of nitrogens with zero attached hydrogens (tertiary/aromatic N) is 3. The van der Waals surface area contributed by atoms with E-state index in [2.05, 4.69) is 29.0 Å². The van der Waals surface area contributed by atoms with Crippen molar-refractivity contribution in [1.82, 2.24) is 4.90 Å². The molecule has 0 aromatic heterocycles. The second kappa shape index (κ2) is 9.79. The number of likely N-dealkylation sites (tertiary alicyclic amines) is 1. The summed E-state index contributed by atoms with van der Waals surface area (Å²) < 4.78 is 0. The number of hydrogen-bond acceptors (Lipinski definition) is 4. The van der Waals surface area contributed by atoms with Crippen molar-refractivity contribution < 1.29 is 4.79 Å². The van der Waals surface area contributed by atoms with Crippen molar-refractivity contribution in [2.24, 2.45) is 5.92 Å². The number of halogens is 1. The SMILES string of the molecule is CCC=O.CN1CCC(N(CC2CCC2)c2ccc(C#N)c(Cl)c2)C1. The number of likely N-dealkylation sites (N-methyl/N-ethyl adjacent to an activating group) is 1. The number of nitriles is 1. The Morgan fingerprint density at radius 3 is 2.56 bits per heavy atom. The summed E-state index contributed by atoms with van der Waals surface area (Å²) >= 11 is 6.23. The fourth-order valence-corrected chi connectivity index (χ4v) is 3.58. The van der Waals surface area contributed by atoms with Gasteiger partial charge in [-0.05, 0) is 57.0 Å². The minimum absolute atomic E-state index is 0.563. The van der Waals surface area contributed by atoms with Crippen LogP contribution in [0.4, 0.5) is 5.69 Å². The molecule has 25 heavy (non-hydrogen) atoms. The third kappa shape index (κ3) is 5.45. The summed E-state index contributed by atoms with van der Waals surface area (Å²) in [4.78, 5) is 14.1. The van der Waals surface area contributed by atoms with E-state index in [0.717, 1.165) is 31.8 Å². The Bertz CT molecular complexity index is 609. The fraction of sp³-hybridized carbons (Fsp3) is 0.600. The van der Waals surface area contributed by atoms with Crippen LogP contribution in [0.3, 0.4) is 0 Å². The van der Waals surface area contributed by atoms with Crippen LogP contribution < -0.4 is 4.90 Å². The predicted molar refractivity (Wildman–Crippen MR) is 103 cm³/mol. The molecule has 0 bridgehead atoms. The molecule has 4 nitrogen and oxygen atoms in total. The molecule has 3 rings (SSSR count). The Kier molecular flexibility index (Phi) is 7.74. The van der Waals surface area contributed by atoms with Gasteiger partial charge in [0.25, 0.3) is 0 Å². The van der Waals surface area contributed by atoms with Gasteiger partial charge in [0, 0.05) is 31.2 Å². The molecular weight excluding hydrogens is 334 g/mol. The molecule has 0 N–H and O–H groups in total. The van der Waals surface area contributed by atoms with Crippen LogP contribution in [0.2, 0.25) is 5.02 Å². The van der Waals surface area contributed by atoms with Crippen LogP contribution in [0, 0.1) is 17.2 Å². The molecular formula is C20H28ClN3O. The van der Waals surface area contributed by atoms with Crippen LogP contribution in [-0.2, 0) is 4.79 Å². The molecule has 1 saturated carbocycles. The molecule has 0 spiro atoms. The molecule has 1 heterocycles. The van der Waals surface area contributed by atoms with Crippen LogP contribution in [0.5, 0.6) is 0 Å². The lowest BCUT2D eigenvalue weighted by molar-refractivity contribution is -0.107. The highest BCUT2D eigenvalue weighted by Gasteiger charge is 2.29. The summed E-state index contributed by atoms with van der Waals surface area (Å²) in [6.45, 7) is 5.22. The molecule has 2 fully saturated rings. The monoisotopic (exact) mass is 361 g/mol. The van der Waals surface area contributed by atoms with Crippen molar-refractivity contribution in [1.29, 1.82) is 5.26 Å². The molecule has 1 saturated heterocycles. The van der Waals surface area contributed by atoms with Gasteiger partial charge in [0.15, 0.2) is 0 Å². The lowest BCUT2D eigenvalue weighted by Crippen LogP contribution is -2.41. The van der Waals surface area contributed by atoms with Gasteiger partial charge in [0.1, 0.15) is 12.4 Å². The summed E-state index contributed by atoms with van der Waals surface area (Å²) in [5, 5.41) is 9.60. The fourth-order valence-electron chi connectivity index (χ4n) is 3.36. The number of anilines is 1. The maximum Gasteiger partial charge on any atom is 0.119 e. The number of rotatable bonds is 5. The largest absolute Gasteiger partial charge is 0.367 e. The van der Waals surface area contributed by atoms with Gasteiger partial charge in [-0.1, -0.05) is 24.9 Å². The third-order valence-electron chi connectivity index (χ3n) is 5.06. The highest BCUT2D eigenvalue weighted by Crippen LogP contribution is 2.33. The van der Waals surface area contributed by atoms with Crippen molar-refractivity contribution in [3.05, 3.63) is 28.8 Å². The first-order valence-corrected chi connectivity index (χ1v) is 9.55. The zero-order chi connectivity index (χ0) is 18.2. The molecule has 1 aliphatic heterocycles. The zero-order valence-electron chi connectivity index (χ0n) is 15.2. The highest BCUT2D eigenvalue weighted by atomic mass is 35.5. The van der Waals surface area contributed by atoms with E-state index in [4.69, 9.17) is 16.9 Å². The van der Waals surface area contributed by atoms with Crippen molar-refractivity contribution >= 4 is 23.6 Å². The lowest BCUT2D eigenvalue weighted by atomic mass is 9.84. The molecule has 1 aromatic rings. The topological polar surface area (TPSA) is 47.3 Å². The van der Waals surface area contributed by atoms with Gasteiger partial charge in [0.05, 0.1) is 10.6 Å². The second-order valence-corrected chi connectivity index (χ2v) is 7.41. The van der Waals surface area contributed by atoms with E-state index in [1.54, 1.807) is 0 Å². The number of aldehydes is 1. The second-order valence-electron chi connectivity index (χ2n) is 7.00. The smallest absolute Gasteiger partial charge is 0.119 e. The quantitative estimate of drug-likeness (QED) is 0.740. The van der Waals surface area contributed by atoms with E-state index in [1.807, 2.05) is 19.1 Å². The van der Waals surface area contributed by atoms with Crippen LogP contribution in [0.15, 0.2) is 18.2 Å². The van der Waals surface area contributed by atoms with Crippen molar-refractivity contribution in [3.63, 3.8) is 0 Å². The molecule has 0 radical (unpaired) electrons. The van der Waals surface area contributed by atoms with E-state index < -0.39 is 0 Å². The first kappa shape index (κ1) is 19.8. The van der Waals surface area contributed by atoms with Crippen molar-refractivity contribution in [2.45, 2.75) is 45.1 Å². The minimum atomic E-state index is 0.563. The molecule has 1 aromatic carbocycles. The van der Waals surface area contributed by atoms with E-state index in [9.17, 15) is 4.79 Å². The van der Waals surface area contributed by atoms with E-state index in [0.29, 0.717) is 23.0 Å². The molecule has 136 valence electrons. The first-order valence-electron chi connectivity index (χ1n) is 9.17. The zero-order valence-corrected chi connectivity index (χ0v) is 16.0. The third-order valence-corrected chi connectivity index (χ3v) is 5.37. The summed E-state index contributed by atoms with van der Waals surface area (Å²) in [5.74, 6) is 0.824. The summed E-state index contributed by atoms with van der Waals surface area (Å²) in [6.07, 6.45) is 6.80. The Balaban J connectivity index is 0.000000511. The highest BCUT2D eigenvalue weighted by molar-refractivity contribution is 6.32. The van der Waals surface area contributed by atoms with E-state index >= 15 is 0 Å². The maximum absolute atomic E-state index is 9.17. The van der Waals surface area contributed by atoms with Crippen molar-refractivity contribution in [3.8, 4) is 6.07 Å². The molecule has 1 unspecified atom stereocenters. The van der Waals surface area contributed by atoms with Gasteiger partial charge in [-0.15, -0.1) is 0 Å². The molecule has 5 heteroatoms. The van der Waals surface area contributed by atoms with Gasteiger partial charge in [0.2, 0.25) is 0 Å². The van der Waals surface area contributed by atoms with Crippen LogP contribution in [0.1, 0.15) is 44.6 Å². The molecule has 1 aliphatic carbocycles. The number of carbonyl (C=O) groups excluding carboxylic acids is 1. The van der Waals surface area contributed by atoms with Crippen molar-refractivity contribution in [2.75, 3.05) is 31.6 Å². The Morgan fingerprint density at radius 1 is 1.40 bits per heavy atom. The van der Waals surface area contributed by atoms with Gasteiger partial charge in [-0.3, -0.25) is 0 Å².